The monoisotopic (exact) mass is 610 g/mol. The second-order valence-electron chi connectivity index (χ2n) is 10.00. The van der Waals surface area contributed by atoms with Crippen molar-refractivity contribution in [1.82, 2.24) is 20.1 Å². The molecule has 0 aliphatic carbocycles. The molecule has 3 atom stereocenters. The number of nitrogens with one attached hydrogen (secondary N) is 2. The predicted octanol–water partition coefficient (Wildman–Crippen LogP) is 6.62. The molecule has 2 N–H and O–H groups in total. The summed E-state index contributed by atoms with van der Waals surface area (Å²) in [4.78, 5) is 15.9. The number of morpholine rings is 1. The van der Waals surface area contributed by atoms with Crippen LogP contribution in [0, 0.1) is 5.82 Å². The molecule has 2 heterocycles. The number of ether oxygens (including phenoxy) is 2. The van der Waals surface area contributed by atoms with Crippen LogP contribution >= 0.6 is 0 Å². The first kappa shape index (κ1) is 30.4. The van der Waals surface area contributed by atoms with Crippen LogP contribution in [0.15, 0.2) is 71.5 Å². The lowest BCUT2D eigenvalue weighted by molar-refractivity contribution is -0.231. The molecule has 0 unspecified atom stereocenters. The molecule has 0 bridgehead atoms. The van der Waals surface area contributed by atoms with Gasteiger partial charge in [-0.15, -0.1) is 0 Å². The topological polar surface area (TPSA) is 83.2 Å². The van der Waals surface area contributed by atoms with Crippen molar-refractivity contribution in [3.05, 3.63) is 111 Å². The number of benzene rings is 3. The number of nitrogens with zero attached hydrogens (tertiary/aromatic N) is 2. The summed E-state index contributed by atoms with van der Waals surface area (Å²) in [7, 11) is 0. The first-order valence-electron chi connectivity index (χ1n) is 13.1. The summed E-state index contributed by atoms with van der Waals surface area (Å²) in [5, 5.41) is 6.15. The van der Waals surface area contributed by atoms with Gasteiger partial charge in [-0.2, -0.15) is 31.4 Å². The average molecular weight is 611 g/mol. The molecule has 1 aliphatic heterocycles. The van der Waals surface area contributed by atoms with Crippen molar-refractivity contribution < 1.29 is 40.2 Å². The minimum Gasteiger partial charge on any atom is -0.349 e. The van der Waals surface area contributed by atoms with E-state index in [-0.39, 0.29) is 37.2 Å². The molecule has 0 spiro atoms. The number of halogens is 7. The van der Waals surface area contributed by atoms with Gasteiger partial charge in [0.15, 0.2) is 6.29 Å². The van der Waals surface area contributed by atoms with E-state index in [1.54, 1.807) is 29.2 Å². The zero-order valence-corrected chi connectivity index (χ0v) is 22.5. The average Bonchev–Trinajstić information content (AvgIpc) is 3.37. The Hall–Kier alpha value is -4.01. The van der Waals surface area contributed by atoms with Gasteiger partial charge in [-0.3, -0.25) is 9.88 Å². The summed E-state index contributed by atoms with van der Waals surface area (Å²) in [6.07, 6.45) is -12.8. The predicted molar refractivity (Wildman–Crippen MR) is 140 cm³/mol. The molecule has 228 valence electrons. The lowest BCUT2D eigenvalue weighted by Crippen LogP contribution is -2.46. The van der Waals surface area contributed by atoms with Crippen molar-refractivity contribution in [3.63, 3.8) is 0 Å². The zero-order chi connectivity index (χ0) is 30.9. The summed E-state index contributed by atoms with van der Waals surface area (Å²) in [6, 6.07) is 13.7. The SMILES string of the molecule is C[C@@H](O[C@H]1OCCN(Cc2n[nH]c(=O)[nH]2)[C@H]1c1cc(-c2ccccc2)ccc1F)c1cc(C(F)(F)F)cc(C(F)(F)F)c1. The highest BCUT2D eigenvalue weighted by Gasteiger charge is 2.40. The Morgan fingerprint density at radius 3 is 2.26 bits per heavy atom. The third kappa shape index (κ3) is 6.98. The van der Waals surface area contributed by atoms with Crippen LogP contribution in [-0.4, -0.2) is 39.5 Å². The Morgan fingerprint density at radius 2 is 1.65 bits per heavy atom. The minimum absolute atomic E-state index is 0.00219. The fourth-order valence-corrected chi connectivity index (χ4v) is 4.97. The van der Waals surface area contributed by atoms with Gasteiger partial charge in [-0.05, 0) is 53.9 Å². The van der Waals surface area contributed by atoms with E-state index in [2.05, 4.69) is 15.2 Å². The molecule has 1 saturated heterocycles. The van der Waals surface area contributed by atoms with Gasteiger partial charge in [0.2, 0.25) is 0 Å². The molecule has 0 saturated carbocycles. The van der Waals surface area contributed by atoms with E-state index in [4.69, 9.17) is 9.47 Å². The lowest BCUT2D eigenvalue weighted by atomic mass is 9.96. The van der Waals surface area contributed by atoms with E-state index < -0.39 is 59.0 Å². The number of hydrogen-bond donors (Lipinski definition) is 2. The Kier molecular flexibility index (Phi) is 8.45. The van der Waals surface area contributed by atoms with Crippen LogP contribution in [-0.2, 0) is 28.4 Å². The Morgan fingerprint density at radius 1 is 0.977 bits per heavy atom. The summed E-state index contributed by atoms with van der Waals surface area (Å²) in [6.45, 7) is 1.53. The molecule has 3 aromatic carbocycles. The second-order valence-corrected chi connectivity index (χ2v) is 10.00. The maximum Gasteiger partial charge on any atom is 0.416 e. The van der Waals surface area contributed by atoms with Gasteiger partial charge in [0.1, 0.15) is 11.6 Å². The van der Waals surface area contributed by atoms with Gasteiger partial charge >= 0.3 is 18.0 Å². The van der Waals surface area contributed by atoms with Crippen molar-refractivity contribution in [2.75, 3.05) is 13.2 Å². The van der Waals surface area contributed by atoms with Gasteiger partial charge < -0.3 is 9.47 Å². The van der Waals surface area contributed by atoms with Crippen molar-refractivity contribution >= 4 is 0 Å². The molecule has 1 fully saturated rings. The maximum atomic E-state index is 15.5. The maximum absolute atomic E-state index is 15.5. The van der Waals surface area contributed by atoms with Crippen molar-refractivity contribution in [2.24, 2.45) is 0 Å². The van der Waals surface area contributed by atoms with E-state index in [9.17, 15) is 31.1 Å². The minimum atomic E-state index is -5.04. The van der Waals surface area contributed by atoms with Crippen molar-refractivity contribution in [2.45, 2.75) is 44.3 Å². The lowest BCUT2D eigenvalue weighted by Gasteiger charge is -2.41. The Balaban J connectivity index is 1.54. The number of alkyl halides is 6. The van der Waals surface area contributed by atoms with Crippen LogP contribution in [0.5, 0.6) is 0 Å². The highest BCUT2D eigenvalue weighted by Crippen LogP contribution is 2.40. The van der Waals surface area contributed by atoms with Gasteiger partial charge in [0, 0.05) is 12.1 Å². The molecule has 1 aromatic heterocycles. The Bertz CT molecular complexity index is 1590. The van der Waals surface area contributed by atoms with E-state index in [1.807, 2.05) is 18.2 Å². The second kappa shape index (κ2) is 11.9. The quantitative estimate of drug-likeness (QED) is 0.230. The number of H-pyrrole nitrogens is 2. The molecule has 1 aliphatic rings. The van der Waals surface area contributed by atoms with Crippen LogP contribution in [0.3, 0.4) is 0 Å². The number of rotatable bonds is 7. The summed E-state index contributed by atoms with van der Waals surface area (Å²) in [5.74, 6) is -0.425. The van der Waals surface area contributed by atoms with Crippen LogP contribution in [0.1, 0.15) is 47.1 Å². The molecule has 4 aromatic rings. The van der Waals surface area contributed by atoms with Crippen molar-refractivity contribution in [1.29, 1.82) is 0 Å². The van der Waals surface area contributed by atoms with E-state index in [0.717, 1.165) is 5.56 Å². The molecule has 5 rings (SSSR count). The smallest absolute Gasteiger partial charge is 0.349 e. The van der Waals surface area contributed by atoms with Crippen LogP contribution < -0.4 is 5.69 Å². The van der Waals surface area contributed by atoms with Gasteiger partial charge in [0.05, 0.1) is 36.4 Å². The summed E-state index contributed by atoms with van der Waals surface area (Å²) >= 11 is 0. The Labute approximate surface area is 240 Å². The van der Waals surface area contributed by atoms with E-state index in [1.165, 1.54) is 13.0 Å². The fourth-order valence-electron chi connectivity index (χ4n) is 4.97. The van der Waals surface area contributed by atoms with Gasteiger partial charge in [-0.25, -0.2) is 14.3 Å². The van der Waals surface area contributed by atoms with Crippen LogP contribution in [0.4, 0.5) is 30.7 Å². The molecule has 14 heteroatoms. The summed E-state index contributed by atoms with van der Waals surface area (Å²) < 4.78 is 108. The number of aromatic nitrogens is 3. The number of hydrogen-bond acceptors (Lipinski definition) is 5. The van der Waals surface area contributed by atoms with Crippen LogP contribution in [0.2, 0.25) is 0 Å². The van der Waals surface area contributed by atoms with Gasteiger partial charge in [-0.1, -0.05) is 36.4 Å². The van der Waals surface area contributed by atoms with Gasteiger partial charge in [0.25, 0.3) is 0 Å². The first-order valence-corrected chi connectivity index (χ1v) is 13.1. The van der Waals surface area contributed by atoms with Crippen LogP contribution in [0.25, 0.3) is 11.1 Å². The summed E-state index contributed by atoms with van der Waals surface area (Å²) in [5.41, 5.74) is -2.40. The molecular weight excluding hydrogens is 585 g/mol. The first-order chi connectivity index (χ1) is 20.3. The zero-order valence-electron chi connectivity index (χ0n) is 22.5. The van der Waals surface area contributed by atoms with E-state index >= 15 is 4.39 Å². The third-order valence-electron chi connectivity index (χ3n) is 7.05. The molecule has 7 nitrogen and oxygen atoms in total. The third-order valence-corrected chi connectivity index (χ3v) is 7.05. The largest absolute Gasteiger partial charge is 0.416 e. The van der Waals surface area contributed by atoms with Crippen molar-refractivity contribution in [3.8, 4) is 11.1 Å². The standard InChI is InChI=1S/C29H25F7N4O3/c1-16(19-11-20(28(31,32)33)14-21(12-19)29(34,35)36)43-26-25(40(9-10-42-26)15-24-37-27(41)39-38-24)22-13-18(7-8-23(22)30)17-5-3-2-4-6-17/h2-8,11-14,16,25-26H,9-10,15H2,1H3,(H2,37,38,39,41)/t16-,25+,26-/m1/s1. The normalized spacial score (nSPS) is 19.0. The number of aromatic amines is 2. The highest BCUT2D eigenvalue weighted by atomic mass is 19.4. The molecule has 0 radical (unpaired) electrons. The fraction of sp³-hybridized carbons (Fsp3) is 0.310. The molecule has 0 amide bonds. The van der Waals surface area contributed by atoms with E-state index in [0.29, 0.717) is 17.7 Å². The molecular formula is C29H25F7N4O3. The molecule has 43 heavy (non-hydrogen) atoms. The highest BCUT2D eigenvalue weighted by molar-refractivity contribution is 5.64.